The van der Waals surface area contributed by atoms with Crippen molar-refractivity contribution < 1.29 is 8.81 Å². The first-order chi connectivity index (χ1) is 7.09. The summed E-state index contributed by atoms with van der Waals surface area (Å²) >= 11 is 5.81. The van der Waals surface area contributed by atoms with Crippen molar-refractivity contribution in [3.8, 4) is 0 Å². The summed E-state index contributed by atoms with van der Waals surface area (Å²) < 4.78 is 18.7. The second-order valence-electron chi connectivity index (χ2n) is 3.68. The molecule has 0 aliphatic heterocycles. The zero-order valence-electron chi connectivity index (χ0n) is 8.26. The number of hydrogen-bond acceptors (Lipinski definition) is 2. The van der Waals surface area contributed by atoms with Crippen LogP contribution in [-0.2, 0) is 6.42 Å². The lowest BCUT2D eigenvalue weighted by molar-refractivity contribution is 0.597. The van der Waals surface area contributed by atoms with Crippen LogP contribution in [0, 0.1) is 5.82 Å². The fourth-order valence-corrected chi connectivity index (χ4v) is 1.84. The molecule has 15 heavy (non-hydrogen) atoms. The number of hydrogen-bond donors (Lipinski definition) is 1. The highest BCUT2D eigenvalue weighted by atomic mass is 35.5. The summed E-state index contributed by atoms with van der Waals surface area (Å²) in [5.41, 5.74) is 7.06. The highest BCUT2D eigenvalue weighted by molar-refractivity contribution is 6.35. The summed E-state index contributed by atoms with van der Waals surface area (Å²) in [5.74, 6) is -0.429. The Morgan fingerprint density at radius 3 is 3.00 bits per heavy atom. The maximum Gasteiger partial charge on any atom is 0.142 e. The second kappa shape index (κ2) is 3.83. The van der Waals surface area contributed by atoms with Gasteiger partial charge < -0.3 is 10.2 Å². The summed E-state index contributed by atoms with van der Waals surface area (Å²) in [5, 5.41) is 0.708. The highest BCUT2D eigenvalue weighted by Crippen LogP contribution is 2.30. The quantitative estimate of drug-likeness (QED) is 0.856. The van der Waals surface area contributed by atoms with Gasteiger partial charge in [-0.3, -0.25) is 0 Å². The predicted molar refractivity (Wildman–Crippen MR) is 58.5 cm³/mol. The molecule has 0 bridgehead atoms. The molecule has 0 aliphatic rings. The third kappa shape index (κ3) is 1.85. The Kier molecular flexibility index (Phi) is 2.67. The van der Waals surface area contributed by atoms with E-state index in [0.717, 1.165) is 5.56 Å². The lowest BCUT2D eigenvalue weighted by Gasteiger charge is -2.07. The van der Waals surface area contributed by atoms with E-state index in [1.807, 2.05) is 6.92 Å². The van der Waals surface area contributed by atoms with Crippen LogP contribution in [0.1, 0.15) is 12.5 Å². The SMILES string of the molecule is CC(N)Cc1cc(F)c(Cl)c2ccoc12. The number of rotatable bonds is 2. The first-order valence-corrected chi connectivity index (χ1v) is 5.07. The van der Waals surface area contributed by atoms with Gasteiger partial charge in [0.2, 0.25) is 0 Å². The molecular formula is C11H11ClFNO. The normalized spacial score (nSPS) is 13.3. The predicted octanol–water partition coefficient (Wildman–Crippen LogP) is 3.12. The molecular weight excluding hydrogens is 217 g/mol. The van der Waals surface area contributed by atoms with E-state index in [2.05, 4.69) is 0 Å². The fourth-order valence-electron chi connectivity index (χ4n) is 1.64. The molecule has 2 nitrogen and oxygen atoms in total. The number of nitrogens with two attached hydrogens (primary N) is 1. The van der Waals surface area contributed by atoms with Gasteiger partial charge in [0.15, 0.2) is 0 Å². The maximum atomic E-state index is 13.4. The minimum Gasteiger partial charge on any atom is -0.464 e. The third-order valence-corrected chi connectivity index (χ3v) is 2.63. The maximum absolute atomic E-state index is 13.4. The molecule has 1 aromatic heterocycles. The number of halogens is 2. The fraction of sp³-hybridized carbons (Fsp3) is 0.273. The summed E-state index contributed by atoms with van der Waals surface area (Å²) in [6.07, 6.45) is 2.07. The molecule has 2 N–H and O–H groups in total. The molecule has 0 spiro atoms. The monoisotopic (exact) mass is 227 g/mol. The van der Waals surface area contributed by atoms with Gasteiger partial charge >= 0.3 is 0 Å². The van der Waals surface area contributed by atoms with Gasteiger partial charge in [0.05, 0.1) is 11.3 Å². The summed E-state index contributed by atoms with van der Waals surface area (Å²) in [7, 11) is 0. The zero-order valence-corrected chi connectivity index (χ0v) is 9.01. The Morgan fingerprint density at radius 1 is 1.60 bits per heavy atom. The topological polar surface area (TPSA) is 39.2 Å². The van der Waals surface area contributed by atoms with Crippen LogP contribution < -0.4 is 5.73 Å². The molecule has 0 amide bonds. The Labute approximate surface area is 91.8 Å². The summed E-state index contributed by atoms with van der Waals surface area (Å²) in [6, 6.07) is 3.00. The van der Waals surface area contributed by atoms with Gasteiger partial charge in [-0.2, -0.15) is 0 Å². The van der Waals surface area contributed by atoms with Crippen molar-refractivity contribution in [2.24, 2.45) is 5.73 Å². The average molecular weight is 228 g/mol. The average Bonchev–Trinajstić information content (AvgIpc) is 2.61. The van der Waals surface area contributed by atoms with E-state index >= 15 is 0 Å². The Bertz CT molecular complexity index is 493. The van der Waals surface area contributed by atoms with Gasteiger partial charge in [-0.15, -0.1) is 0 Å². The number of fused-ring (bicyclic) bond motifs is 1. The first-order valence-electron chi connectivity index (χ1n) is 4.69. The first kappa shape index (κ1) is 10.5. The zero-order chi connectivity index (χ0) is 11.0. The lowest BCUT2D eigenvalue weighted by atomic mass is 10.1. The van der Waals surface area contributed by atoms with E-state index in [4.69, 9.17) is 21.8 Å². The Hall–Kier alpha value is -1.06. The molecule has 1 heterocycles. The van der Waals surface area contributed by atoms with Gasteiger partial charge in [0.25, 0.3) is 0 Å². The van der Waals surface area contributed by atoms with Crippen LogP contribution in [0.5, 0.6) is 0 Å². The van der Waals surface area contributed by atoms with Gasteiger partial charge in [0, 0.05) is 11.4 Å². The van der Waals surface area contributed by atoms with E-state index in [1.165, 1.54) is 12.3 Å². The summed E-state index contributed by atoms with van der Waals surface area (Å²) in [6.45, 7) is 1.86. The lowest BCUT2D eigenvalue weighted by Crippen LogP contribution is -2.18. The molecule has 80 valence electrons. The minimum absolute atomic E-state index is 0.0427. The van der Waals surface area contributed by atoms with Crippen molar-refractivity contribution in [2.75, 3.05) is 0 Å². The molecule has 1 atom stereocenters. The van der Waals surface area contributed by atoms with Crippen molar-refractivity contribution in [3.63, 3.8) is 0 Å². The van der Waals surface area contributed by atoms with Crippen molar-refractivity contribution in [3.05, 3.63) is 34.8 Å². The molecule has 0 aliphatic carbocycles. The van der Waals surface area contributed by atoms with E-state index in [1.54, 1.807) is 6.07 Å². The van der Waals surface area contributed by atoms with Crippen molar-refractivity contribution >= 4 is 22.6 Å². The smallest absolute Gasteiger partial charge is 0.142 e. The molecule has 0 fully saturated rings. The van der Waals surface area contributed by atoms with E-state index in [-0.39, 0.29) is 11.1 Å². The van der Waals surface area contributed by atoms with Crippen molar-refractivity contribution in [1.29, 1.82) is 0 Å². The van der Waals surface area contributed by atoms with Crippen molar-refractivity contribution in [1.82, 2.24) is 0 Å². The van der Waals surface area contributed by atoms with Gasteiger partial charge in [-0.05, 0) is 31.0 Å². The van der Waals surface area contributed by atoms with E-state index < -0.39 is 5.82 Å². The van der Waals surface area contributed by atoms with Crippen LogP contribution in [0.2, 0.25) is 5.02 Å². The highest BCUT2D eigenvalue weighted by Gasteiger charge is 2.13. The molecule has 1 aromatic carbocycles. The van der Waals surface area contributed by atoms with Gasteiger partial charge in [0.1, 0.15) is 11.4 Å². The van der Waals surface area contributed by atoms with Crippen LogP contribution in [0.15, 0.2) is 22.8 Å². The molecule has 4 heteroatoms. The minimum atomic E-state index is -0.429. The second-order valence-corrected chi connectivity index (χ2v) is 4.05. The number of benzene rings is 1. The van der Waals surface area contributed by atoms with Crippen LogP contribution in [0.25, 0.3) is 11.0 Å². The third-order valence-electron chi connectivity index (χ3n) is 2.25. The Balaban J connectivity index is 2.63. The van der Waals surface area contributed by atoms with Crippen LogP contribution in [0.3, 0.4) is 0 Å². The summed E-state index contributed by atoms with van der Waals surface area (Å²) in [4.78, 5) is 0. The largest absolute Gasteiger partial charge is 0.464 e. The van der Waals surface area contributed by atoms with Crippen LogP contribution >= 0.6 is 11.6 Å². The molecule has 0 radical (unpaired) electrons. The van der Waals surface area contributed by atoms with Crippen LogP contribution in [0.4, 0.5) is 4.39 Å². The Morgan fingerprint density at radius 2 is 2.33 bits per heavy atom. The van der Waals surface area contributed by atoms with Crippen molar-refractivity contribution in [2.45, 2.75) is 19.4 Å². The van der Waals surface area contributed by atoms with Gasteiger partial charge in [-0.1, -0.05) is 11.6 Å². The molecule has 1 unspecified atom stereocenters. The van der Waals surface area contributed by atoms with E-state index in [9.17, 15) is 4.39 Å². The van der Waals surface area contributed by atoms with Gasteiger partial charge in [-0.25, -0.2) is 4.39 Å². The molecule has 0 saturated carbocycles. The van der Waals surface area contributed by atoms with Crippen LogP contribution in [-0.4, -0.2) is 6.04 Å². The molecule has 2 aromatic rings. The molecule has 0 saturated heterocycles. The van der Waals surface area contributed by atoms with E-state index in [0.29, 0.717) is 17.4 Å². The standard InChI is InChI=1S/C11H11ClFNO/c1-6(14)4-7-5-9(13)10(12)8-2-3-15-11(7)8/h2-3,5-6H,4,14H2,1H3. The number of furan rings is 1. The molecule has 2 rings (SSSR count).